The Bertz CT molecular complexity index is 530. The molecule has 114 valence electrons. The maximum Gasteiger partial charge on any atom is 0.308 e. The van der Waals surface area contributed by atoms with Crippen molar-refractivity contribution in [3.05, 3.63) is 29.8 Å². The molecule has 0 aromatic heterocycles. The summed E-state index contributed by atoms with van der Waals surface area (Å²) < 4.78 is 0. The number of hydrogen-bond donors (Lipinski definition) is 2. The molecular formula is C16H22N2O3. The number of anilines is 1. The number of nitrogens with one attached hydrogen (secondary N) is 1. The van der Waals surface area contributed by atoms with E-state index in [1.165, 1.54) is 0 Å². The lowest BCUT2D eigenvalue weighted by molar-refractivity contribution is -0.141. The van der Waals surface area contributed by atoms with Crippen molar-refractivity contribution in [3.63, 3.8) is 0 Å². The Balaban J connectivity index is 2.24. The molecule has 0 spiro atoms. The quantitative estimate of drug-likeness (QED) is 0.862. The molecule has 2 N–H and O–H groups in total. The maximum atomic E-state index is 12.6. The van der Waals surface area contributed by atoms with Gasteiger partial charge in [0, 0.05) is 24.7 Å². The fourth-order valence-corrected chi connectivity index (χ4v) is 2.68. The number of aliphatic carboxylic acids is 1. The van der Waals surface area contributed by atoms with Gasteiger partial charge in [-0.1, -0.05) is 32.0 Å². The van der Waals surface area contributed by atoms with Gasteiger partial charge in [-0.2, -0.15) is 0 Å². The molecule has 2 unspecified atom stereocenters. The van der Waals surface area contributed by atoms with Crippen LogP contribution in [-0.4, -0.2) is 36.6 Å². The number of rotatable bonds is 5. The third-order valence-electron chi connectivity index (χ3n) is 3.89. The van der Waals surface area contributed by atoms with Gasteiger partial charge in [0.05, 0.1) is 5.92 Å². The molecule has 5 nitrogen and oxygen atoms in total. The standard InChI is InChI=1S/C16H22N2O3/c1-3-17-9-11(2)15(19)18-10-13(16(20)21)8-12-6-4-5-7-14(12)18/h4-7,11,13,17H,3,8-10H2,1-2H3,(H,20,21). The summed E-state index contributed by atoms with van der Waals surface area (Å²) in [5.74, 6) is -1.57. The van der Waals surface area contributed by atoms with Crippen molar-refractivity contribution >= 4 is 17.6 Å². The molecule has 1 aliphatic rings. The summed E-state index contributed by atoms with van der Waals surface area (Å²) in [4.78, 5) is 25.6. The molecule has 1 aliphatic heterocycles. The number of nitrogens with zero attached hydrogens (tertiary/aromatic N) is 1. The van der Waals surface area contributed by atoms with E-state index in [4.69, 9.17) is 0 Å². The number of carboxylic acid groups (broad SMARTS) is 1. The van der Waals surface area contributed by atoms with Gasteiger partial charge in [0.15, 0.2) is 0 Å². The number of carbonyl (C=O) groups is 2. The van der Waals surface area contributed by atoms with Crippen LogP contribution in [-0.2, 0) is 16.0 Å². The number of fused-ring (bicyclic) bond motifs is 1. The predicted octanol–water partition coefficient (Wildman–Crippen LogP) is 1.52. The first-order valence-electron chi connectivity index (χ1n) is 7.37. The molecular weight excluding hydrogens is 268 g/mol. The smallest absolute Gasteiger partial charge is 0.308 e. The Morgan fingerprint density at radius 2 is 2.14 bits per heavy atom. The van der Waals surface area contributed by atoms with Gasteiger partial charge in [-0.15, -0.1) is 0 Å². The van der Waals surface area contributed by atoms with Crippen molar-refractivity contribution in [2.45, 2.75) is 20.3 Å². The van der Waals surface area contributed by atoms with Crippen LogP contribution in [0.3, 0.4) is 0 Å². The molecule has 0 radical (unpaired) electrons. The van der Waals surface area contributed by atoms with Crippen molar-refractivity contribution < 1.29 is 14.7 Å². The maximum absolute atomic E-state index is 12.6. The highest BCUT2D eigenvalue weighted by atomic mass is 16.4. The van der Waals surface area contributed by atoms with Crippen LogP contribution in [0, 0.1) is 11.8 Å². The number of para-hydroxylation sites is 1. The first-order valence-corrected chi connectivity index (χ1v) is 7.37. The van der Waals surface area contributed by atoms with Gasteiger partial charge in [0.1, 0.15) is 0 Å². The van der Waals surface area contributed by atoms with E-state index in [2.05, 4.69) is 5.32 Å². The van der Waals surface area contributed by atoms with Gasteiger partial charge in [-0.05, 0) is 24.6 Å². The molecule has 1 aromatic carbocycles. The van der Waals surface area contributed by atoms with E-state index in [0.29, 0.717) is 13.0 Å². The Kier molecular flexibility index (Phi) is 4.96. The van der Waals surface area contributed by atoms with Crippen LogP contribution >= 0.6 is 0 Å². The van der Waals surface area contributed by atoms with Crippen molar-refractivity contribution in [1.29, 1.82) is 0 Å². The summed E-state index contributed by atoms with van der Waals surface area (Å²) in [5.41, 5.74) is 1.78. The Morgan fingerprint density at radius 3 is 2.81 bits per heavy atom. The predicted molar refractivity (Wildman–Crippen MR) is 81.3 cm³/mol. The number of carboxylic acids is 1. The summed E-state index contributed by atoms with van der Waals surface area (Å²) in [6, 6.07) is 7.56. The van der Waals surface area contributed by atoms with Crippen molar-refractivity contribution in [1.82, 2.24) is 5.32 Å². The van der Waals surface area contributed by atoms with Gasteiger partial charge < -0.3 is 15.3 Å². The molecule has 2 rings (SSSR count). The molecule has 1 aromatic rings. The fraction of sp³-hybridized carbons (Fsp3) is 0.500. The Morgan fingerprint density at radius 1 is 1.43 bits per heavy atom. The molecule has 0 aliphatic carbocycles. The van der Waals surface area contributed by atoms with E-state index in [1.807, 2.05) is 38.1 Å². The summed E-state index contributed by atoms with van der Waals surface area (Å²) >= 11 is 0. The highest BCUT2D eigenvalue weighted by molar-refractivity contribution is 5.97. The average Bonchev–Trinajstić information content (AvgIpc) is 2.50. The minimum atomic E-state index is -0.846. The van der Waals surface area contributed by atoms with E-state index in [1.54, 1.807) is 4.90 Å². The molecule has 1 amide bonds. The van der Waals surface area contributed by atoms with Crippen LogP contribution < -0.4 is 10.2 Å². The second kappa shape index (κ2) is 6.72. The third-order valence-corrected chi connectivity index (χ3v) is 3.89. The van der Waals surface area contributed by atoms with Crippen LogP contribution in [0.1, 0.15) is 19.4 Å². The Hall–Kier alpha value is -1.88. The summed E-state index contributed by atoms with van der Waals surface area (Å²) in [5, 5.41) is 12.5. The van der Waals surface area contributed by atoms with E-state index < -0.39 is 11.9 Å². The molecule has 5 heteroatoms. The van der Waals surface area contributed by atoms with Crippen LogP contribution in [0.5, 0.6) is 0 Å². The van der Waals surface area contributed by atoms with Crippen molar-refractivity contribution in [2.24, 2.45) is 11.8 Å². The van der Waals surface area contributed by atoms with E-state index in [-0.39, 0.29) is 18.4 Å². The van der Waals surface area contributed by atoms with Gasteiger partial charge in [0.2, 0.25) is 5.91 Å². The highest BCUT2D eigenvalue weighted by Gasteiger charge is 2.33. The summed E-state index contributed by atoms with van der Waals surface area (Å²) in [6.07, 6.45) is 0.483. The monoisotopic (exact) mass is 290 g/mol. The lowest BCUT2D eigenvalue weighted by Gasteiger charge is -2.34. The fourth-order valence-electron chi connectivity index (χ4n) is 2.68. The topological polar surface area (TPSA) is 69.6 Å². The van der Waals surface area contributed by atoms with Gasteiger partial charge in [-0.3, -0.25) is 9.59 Å². The first kappa shape index (κ1) is 15.5. The average molecular weight is 290 g/mol. The van der Waals surface area contributed by atoms with Crippen LogP contribution in [0.2, 0.25) is 0 Å². The minimum Gasteiger partial charge on any atom is -0.481 e. The zero-order valence-corrected chi connectivity index (χ0v) is 12.5. The first-order chi connectivity index (χ1) is 10.0. The molecule has 0 saturated heterocycles. The van der Waals surface area contributed by atoms with Gasteiger partial charge >= 0.3 is 5.97 Å². The van der Waals surface area contributed by atoms with Gasteiger partial charge in [-0.25, -0.2) is 0 Å². The largest absolute Gasteiger partial charge is 0.481 e. The SMILES string of the molecule is CCNCC(C)C(=O)N1CC(C(=O)O)Cc2ccccc21. The highest BCUT2D eigenvalue weighted by Crippen LogP contribution is 2.30. The zero-order chi connectivity index (χ0) is 15.4. The van der Waals surface area contributed by atoms with Crippen LogP contribution in [0.25, 0.3) is 0 Å². The van der Waals surface area contributed by atoms with E-state index in [9.17, 15) is 14.7 Å². The molecule has 0 bridgehead atoms. The normalized spacial score (nSPS) is 19.0. The lowest BCUT2D eigenvalue weighted by Crippen LogP contribution is -2.46. The third kappa shape index (κ3) is 3.42. The second-order valence-electron chi connectivity index (χ2n) is 5.53. The van der Waals surface area contributed by atoms with E-state index in [0.717, 1.165) is 17.8 Å². The molecule has 2 atom stereocenters. The Labute approximate surface area is 125 Å². The summed E-state index contributed by atoms with van der Waals surface area (Å²) in [6.45, 7) is 5.53. The molecule has 0 saturated carbocycles. The second-order valence-corrected chi connectivity index (χ2v) is 5.53. The number of benzene rings is 1. The van der Waals surface area contributed by atoms with E-state index >= 15 is 0 Å². The molecule has 21 heavy (non-hydrogen) atoms. The summed E-state index contributed by atoms with van der Waals surface area (Å²) in [7, 11) is 0. The van der Waals surface area contributed by atoms with Crippen molar-refractivity contribution in [3.8, 4) is 0 Å². The van der Waals surface area contributed by atoms with Crippen molar-refractivity contribution in [2.75, 3.05) is 24.5 Å². The van der Waals surface area contributed by atoms with Crippen LogP contribution in [0.15, 0.2) is 24.3 Å². The molecule has 0 fully saturated rings. The molecule has 1 heterocycles. The minimum absolute atomic E-state index is 0.0191. The number of hydrogen-bond acceptors (Lipinski definition) is 3. The number of amides is 1. The lowest BCUT2D eigenvalue weighted by atomic mass is 9.91. The van der Waals surface area contributed by atoms with Gasteiger partial charge in [0.25, 0.3) is 0 Å². The number of carbonyl (C=O) groups excluding carboxylic acids is 1. The van der Waals surface area contributed by atoms with Crippen LogP contribution in [0.4, 0.5) is 5.69 Å². The zero-order valence-electron chi connectivity index (χ0n) is 12.5.